The first-order chi connectivity index (χ1) is 20.9. The molecule has 1 aliphatic rings. The second-order valence-electron chi connectivity index (χ2n) is 11.2. The zero-order chi connectivity index (χ0) is 32.0. The molecule has 0 bridgehead atoms. The predicted octanol–water partition coefficient (Wildman–Crippen LogP) is 4.12. The highest BCUT2D eigenvalue weighted by atomic mass is 32.2. The average Bonchev–Trinajstić information content (AvgIpc) is 3.04. The standard InChI is InChI=1S/C32H40N4O7S/c1-21-6-13-28(14-7-21)44(40,41)34-26-10-15-29-24(16-26)17-31(38)36(23(3)20-37)18-22(2)30(43-29)19-35(4)32(39)33-25-8-11-27(42-5)12-9-25/h6-16,22-23,30,34,37H,17-20H2,1-5H3,(H,33,39)/t22-,23+,30-/m0/s1. The van der Waals surface area contributed by atoms with Gasteiger partial charge in [0.15, 0.2) is 0 Å². The third kappa shape index (κ3) is 8.00. The zero-order valence-electron chi connectivity index (χ0n) is 25.6. The minimum absolute atomic E-state index is 0.0625. The van der Waals surface area contributed by atoms with Gasteiger partial charge in [-0.2, -0.15) is 0 Å². The molecule has 0 fully saturated rings. The number of urea groups is 1. The maximum absolute atomic E-state index is 13.5. The van der Waals surface area contributed by atoms with Crippen molar-refractivity contribution in [2.45, 2.75) is 44.2 Å². The molecule has 11 nitrogen and oxygen atoms in total. The Hall–Kier alpha value is -4.29. The number of aliphatic hydroxyl groups excluding tert-OH is 1. The summed E-state index contributed by atoms with van der Waals surface area (Å²) >= 11 is 0. The van der Waals surface area contributed by atoms with Crippen LogP contribution in [0.1, 0.15) is 25.0 Å². The first-order valence-corrected chi connectivity index (χ1v) is 15.8. The van der Waals surface area contributed by atoms with Crippen molar-refractivity contribution in [3.63, 3.8) is 0 Å². The van der Waals surface area contributed by atoms with Gasteiger partial charge in [-0.3, -0.25) is 9.52 Å². The van der Waals surface area contributed by atoms with Crippen LogP contribution < -0.4 is 19.5 Å². The van der Waals surface area contributed by atoms with Gasteiger partial charge in [-0.1, -0.05) is 24.6 Å². The second kappa shape index (κ2) is 14.0. The fourth-order valence-electron chi connectivity index (χ4n) is 4.89. The van der Waals surface area contributed by atoms with E-state index in [1.807, 2.05) is 13.8 Å². The summed E-state index contributed by atoms with van der Waals surface area (Å²) in [6.07, 6.45) is -0.595. The molecule has 0 spiro atoms. The van der Waals surface area contributed by atoms with Gasteiger partial charge in [0, 0.05) is 36.4 Å². The Bertz CT molecular complexity index is 1560. The molecule has 1 heterocycles. The van der Waals surface area contributed by atoms with Crippen molar-refractivity contribution in [2.24, 2.45) is 5.92 Å². The van der Waals surface area contributed by atoms with E-state index in [0.717, 1.165) is 5.56 Å². The Morgan fingerprint density at radius 2 is 1.77 bits per heavy atom. The summed E-state index contributed by atoms with van der Waals surface area (Å²) in [6, 6.07) is 17.5. The number of anilines is 2. The topological polar surface area (TPSA) is 138 Å². The van der Waals surface area contributed by atoms with Gasteiger partial charge in [0.25, 0.3) is 10.0 Å². The molecule has 44 heavy (non-hydrogen) atoms. The van der Waals surface area contributed by atoms with E-state index < -0.39 is 22.2 Å². The zero-order valence-corrected chi connectivity index (χ0v) is 26.4. The quantitative estimate of drug-likeness (QED) is 0.326. The molecule has 0 unspecified atom stereocenters. The van der Waals surface area contributed by atoms with Gasteiger partial charge in [-0.25, -0.2) is 13.2 Å². The molecule has 0 saturated heterocycles. The van der Waals surface area contributed by atoms with Crippen LogP contribution in [0.4, 0.5) is 16.2 Å². The fraction of sp³-hybridized carbons (Fsp3) is 0.375. The lowest BCUT2D eigenvalue weighted by atomic mass is 10.0. The number of methoxy groups -OCH3 is 1. The predicted molar refractivity (Wildman–Crippen MR) is 169 cm³/mol. The van der Waals surface area contributed by atoms with Gasteiger partial charge < -0.3 is 29.7 Å². The Morgan fingerprint density at radius 3 is 2.41 bits per heavy atom. The van der Waals surface area contributed by atoms with Crippen LogP contribution in [0.2, 0.25) is 0 Å². The van der Waals surface area contributed by atoms with Crippen LogP contribution in [0.15, 0.2) is 71.6 Å². The number of rotatable bonds is 9. The second-order valence-corrected chi connectivity index (χ2v) is 12.9. The number of benzene rings is 3. The molecule has 0 saturated carbocycles. The molecule has 3 aromatic rings. The van der Waals surface area contributed by atoms with Crippen LogP contribution in [-0.4, -0.2) is 81.3 Å². The van der Waals surface area contributed by atoms with Crippen LogP contribution in [0.3, 0.4) is 0 Å². The third-order valence-electron chi connectivity index (χ3n) is 7.64. The summed E-state index contributed by atoms with van der Waals surface area (Å²) in [6.45, 7) is 5.83. The summed E-state index contributed by atoms with van der Waals surface area (Å²) in [4.78, 5) is 29.8. The van der Waals surface area contributed by atoms with Crippen molar-refractivity contribution >= 4 is 33.3 Å². The highest BCUT2D eigenvalue weighted by Crippen LogP contribution is 2.30. The molecule has 0 aliphatic carbocycles. The molecule has 236 valence electrons. The molecule has 4 rings (SSSR count). The van der Waals surface area contributed by atoms with E-state index in [1.54, 1.807) is 80.6 Å². The lowest BCUT2D eigenvalue weighted by Gasteiger charge is -2.34. The monoisotopic (exact) mass is 624 g/mol. The number of hydrogen-bond donors (Lipinski definition) is 3. The van der Waals surface area contributed by atoms with Crippen molar-refractivity contribution in [3.05, 3.63) is 77.9 Å². The number of likely N-dealkylation sites (N-methyl/N-ethyl adjacent to an activating group) is 1. The number of hydrogen-bond acceptors (Lipinski definition) is 7. The first-order valence-electron chi connectivity index (χ1n) is 14.4. The highest BCUT2D eigenvalue weighted by Gasteiger charge is 2.32. The van der Waals surface area contributed by atoms with Gasteiger partial charge in [0.1, 0.15) is 17.6 Å². The number of ether oxygens (including phenoxy) is 2. The van der Waals surface area contributed by atoms with Crippen molar-refractivity contribution < 1.29 is 32.6 Å². The van der Waals surface area contributed by atoms with Crippen molar-refractivity contribution in [2.75, 3.05) is 43.9 Å². The SMILES string of the molecule is COc1ccc(NC(=O)N(C)C[C@@H]2Oc3ccc(NS(=O)(=O)c4ccc(C)cc4)cc3CC(=O)N([C@H](C)CO)C[C@@H]2C)cc1. The maximum atomic E-state index is 13.5. The minimum Gasteiger partial charge on any atom is -0.497 e. The Kier molecular flexibility index (Phi) is 10.4. The van der Waals surface area contributed by atoms with Crippen LogP contribution >= 0.6 is 0 Å². The molecular weight excluding hydrogens is 584 g/mol. The summed E-state index contributed by atoms with van der Waals surface area (Å²) in [5.41, 5.74) is 2.30. The van der Waals surface area contributed by atoms with Crippen molar-refractivity contribution in [1.82, 2.24) is 9.80 Å². The normalized spacial score (nSPS) is 17.7. The van der Waals surface area contributed by atoms with E-state index in [9.17, 15) is 23.1 Å². The van der Waals surface area contributed by atoms with Crippen LogP contribution in [0, 0.1) is 12.8 Å². The number of amides is 3. The molecule has 3 N–H and O–H groups in total. The van der Waals surface area contributed by atoms with E-state index in [4.69, 9.17) is 9.47 Å². The molecule has 3 atom stereocenters. The van der Waals surface area contributed by atoms with Crippen LogP contribution in [0.5, 0.6) is 11.5 Å². The number of nitrogens with zero attached hydrogens (tertiary/aromatic N) is 2. The molecule has 1 aliphatic heterocycles. The number of fused-ring (bicyclic) bond motifs is 1. The number of carbonyl (C=O) groups excluding carboxylic acids is 2. The van der Waals surface area contributed by atoms with Crippen LogP contribution in [0.25, 0.3) is 0 Å². The summed E-state index contributed by atoms with van der Waals surface area (Å²) in [7, 11) is -0.649. The number of aliphatic hydroxyl groups is 1. The third-order valence-corrected chi connectivity index (χ3v) is 9.04. The summed E-state index contributed by atoms with van der Waals surface area (Å²) in [5, 5.41) is 12.8. The van der Waals surface area contributed by atoms with E-state index in [1.165, 1.54) is 17.0 Å². The highest BCUT2D eigenvalue weighted by molar-refractivity contribution is 7.92. The summed E-state index contributed by atoms with van der Waals surface area (Å²) < 4.78 is 40.3. The largest absolute Gasteiger partial charge is 0.497 e. The van der Waals surface area contributed by atoms with Gasteiger partial charge in [0.05, 0.1) is 37.6 Å². The van der Waals surface area contributed by atoms with E-state index in [-0.39, 0.29) is 48.0 Å². The Labute approximate surface area is 258 Å². The average molecular weight is 625 g/mol. The molecular formula is C32H40N4O7S. The lowest BCUT2D eigenvalue weighted by molar-refractivity contribution is -0.134. The van der Waals surface area contributed by atoms with E-state index >= 15 is 0 Å². The number of carbonyl (C=O) groups is 2. The Balaban J connectivity index is 1.60. The molecule has 3 aromatic carbocycles. The fourth-order valence-corrected chi connectivity index (χ4v) is 5.94. The summed E-state index contributed by atoms with van der Waals surface area (Å²) in [5.74, 6) is 0.629. The smallest absolute Gasteiger partial charge is 0.321 e. The lowest BCUT2D eigenvalue weighted by Crippen LogP contribution is -2.48. The molecule has 0 radical (unpaired) electrons. The molecule has 0 aromatic heterocycles. The van der Waals surface area contributed by atoms with E-state index in [0.29, 0.717) is 29.3 Å². The van der Waals surface area contributed by atoms with Crippen molar-refractivity contribution in [3.8, 4) is 11.5 Å². The van der Waals surface area contributed by atoms with Gasteiger partial charge >= 0.3 is 6.03 Å². The van der Waals surface area contributed by atoms with Crippen LogP contribution in [-0.2, 0) is 21.2 Å². The number of sulfonamides is 1. The van der Waals surface area contributed by atoms with Gasteiger partial charge in [0.2, 0.25) is 5.91 Å². The number of aryl methyl sites for hydroxylation is 1. The van der Waals surface area contributed by atoms with E-state index in [2.05, 4.69) is 10.0 Å². The van der Waals surface area contributed by atoms with Crippen molar-refractivity contribution in [1.29, 1.82) is 0 Å². The van der Waals surface area contributed by atoms with Gasteiger partial charge in [-0.15, -0.1) is 0 Å². The number of nitrogens with one attached hydrogen (secondary N) is 2. The Morgan fingerprint density at radius 1 is 1.11 bits per heavy atom. The molecule has 3 amide bonds. The first kappa shape index (κ1) is 32.6. The maximum Gasteiger partial charge on any atom is 0.321 e. The molecule has 12 heteroatoms. The minimum atomic E-state index is -3.87. The van der Waals surface area contributed by atoms with Gasteiger partial charge in [-0.05, 0) is 68.4 Å².